The summed E-state index contributed by atoms with van der Waals surface area (Å²) in [6, 6.07) is -0.125. The van der Waals surface area contributed by atoms with Gasteiger partial charge >= 0.3 is 5.97 Å². The number of hydrogen-bond donors (Lipinski definition) is 2. The smallest absolute Gasteiger partial charge is 0.321 e. The van der Waals surface area contributed by atoms with E-state index in [4.69, 9.17) is 5.11 Å². The summed E-state index contributed by atoms with van der Waals surface area (Å²) in [6.45, 7) is 6.45. The van der Waals surface area contributed by atoms with Crippen LogP contribution in [0.5, 0.6) is 0 Å². The molecule has 0 aliphatic heterocycles. The Hall–Kier alpha value is -1.11. The minimum absolute atomic E-state index is 0.0558. The van der Waals surface area contributed by atoms with Crippen LogP contribution in [-0.4, -0.2) is 41.9 Å². The van der Waals surface area contributed by atoms with Crippen LogP contribution < -0.4 is 5.32 Å². The molecule has 2 N–H and O–H groups in total. The Morgan fingerprint density at radius 1 is 1.21 bits per heavy atom. The Bertz CT molecular complexity index is 418. The van der Waals surface area contributed by atoms with E-state index in [0.29, 0.717) is 0 Å². The molecule has 112 valence electrons. The van der Waals surface area contributed by atoms with Gasteiger partial charge in [-0.3, -0.25) is 9.59 Å². The van der Waals surface area contributed by atoms with Crippen molar-refractivity contribution in [1.82, 2.24) is 5.32 Å². The zero-order chi connectivity index (χ0) is 15.2. The monoisotopic (exact) mass is 293 g/mol. The number of aliphatic carboxylic acids is 1. The number of amides is 1. The zero-order valence-corrected chi connectivity index (χ0v) is 12.7. The van der Waals surface area contributed by atoms with Crippen molar-refractivity contribution in [3.8, 4) is 0 Å². The van der Waals surface area contributed by atoms with Crippen LogP contribution in [0.1, 0.15) is 47.0 Å². The Labute approximate surface area is 114 Å². The number of nitrogens with one attached hydrogen (secondary N) is 1. The summed E-state index contributed by atoms with van der Waals surface area (Å²) < 4.78 is 24.1. The minimum atomic E-state index is -4.02. The SMILES string of the molecule is CCCC(C)NC(=O)C(C)S(=O)(=O)C(CC)C(=O)O. The molecule has 0 radical (unpaired) electrons. The van der Waals surface area contributed by atoms with E-state index in [1.807, 2.05) is 6.92 Å². The summed E-state index contributed by atoms with van der Waals surface area (Å²) in [6.07, 6.45) is 1.56. The van der Waals surface area contributed by atoms with Crippen LogP contribution >= 0.6 is 0 Å². The molecule has 0 fully saturated rings. The fourth-order valence-corrected chi connectivity index (χ4v) is 3.41. The zero-order valence-electron chi connectivity index (χ0n) is 11.8. The number of carboxylic acids is 1. The van der Waals surface area contributed by atoms with E-state index in [2.05, 4.69) is 5.32 Å². The van der Waals surface area contributed by atoms with Crippen molar-refractivity contribution in [3.63, 3.8) is 0 Å². The van der Waals surface area contributed by atoms with Crippen molar-refractivity contribution in [2.24, 2.45) is 0 Å². The minimum Gasteiger partial charge on any atom is -0.480 e. The van der Waals surface area contributed by atoms with Crippen molar-refractivity contribution >= 4 is 21.7 Å². The molecule has 0 aromatic carbocycles. The fraction of sp³-hybridized carbons (Fsp3) is 0.833. The molecule has 3 atom stereocenters. The third kappa shape index (κ3) is 4.81. The maximum atomic E-state index is 12.0. The van der Waals surface area contributed by atoms with Crippen molar-refractivity contribution in [2.45, 2.75) is 63.5 Å². The highest BCUT2D eigenvalue weighted by molar-refractivity contribution is 7.94. The van der Waals surface area contributed by atoms with Crippen LogP contribution in [0.3, 0.4) is 0 Å². The van der Waals surface area contributed by atoms with Crippen LogP contribution in [-0.2, 0) is 19.4 Å². The van der Waals surface area contributed by atoms with Crippen LogP contribution in [0.25, 0.3) is 0 Å². The summed E-state index contributed by atoms with van der Waals surface area (Å²) in [5, 5.41) is 8.60. The molecule has 7 heteroatoms. The molecule has 0 rings (SSSR count). The highest BCUT2D eigenvalue weighted by atomic mass is 32.2. The molecule has 0 aromatic heterocycles. The molecule has 6 nitrogen and oxygen atoms in total. The average Bonchev–Trinajstić information content (AvgIpc) is 2.27. The maximum absolute atomic E-state index is 12.0. The van der Waals surface area contributed by atoms with Gasteiger partial charge in [0.15, 0.2) is 15.1 Å². The molecule has 0 aromatic rings. The van der Waals surface area contributed by atoms with E-state index < -0.39 is 32.2 Å². The van der Waals surface area contributed by atoms with Gasteiger partial charge in [-0.05, 0) is 26.7 Å². The molecule has 0 bridgehead atoms. The molecular weight excluding hydrogens is 270 g/mol. The topological polar surface area (TPSA) is 101 Å². The quantitative estimate of drug-likeness (QED) is 0.694. The van der Waals surface area contributed by atoms with Gasteiger partial charge in [-0.25, -0.2) is 8.42 Å². The van der Waals surface area contributed by atoms with Crippen LogP contribution in [0.2, 0.25) is 0 Å². The van der Waals surface area contributed by atoms with Crippen LogP contribution in [0.4, 0.5) is 0 Å². The molecule has 0 saturated carbocycles. The molecule has 0 saturated heterocycles. The van der Waals surface area contributed by atoms with Crippen molar-refractivity contribution in [1.29, 1.82) is 0 Å². The summed E-state index contributed by atoms with van der Waals surface area (Å²) >= 11 is 0. The second kappa shape index (κ2) is 7.47. The van der Waals surface area contributed by atoms with Crippen molar-refractivity contribution in [2.75, 3.05) is 0 Å². The molecule has 3 unspecified atom stereocenters. The Kier molecular flexibility index (Phi) is 7.04. The summed E-state index contributed by atoms with van der Waals surface area (Å²) in [5.74, 6) is -2.05. The number of carboxylic acid groups (broad SMARTS) is 1. The molecule has 19 heavy (non-hydrogen) atoms. The van der Waals surface area contributed by atoms with Gasteiger partial charge in [0.25, 0.3) is 0 Å². The number of carbonyl (C=O) groups is 2. The lowest BCUT2D eigenvalue weighted by molar-refractivity contribution is -0.136. The number of rotatable bonds is 8. The van der Waals surface area contributed by atoms with E-state index >= 15 is 0 Å². The van der Waals surface area contributed by atoms with Gasteiger partial charge in [0.2, 0.25) is 5.91 Å². The second-order valence-corrected chi connectivity index (χ2v) is 7.12. The lowest BCUT2D eigenvalue weighted by Crippen LogP contribution is -2.46. The molecule has 0 heterocycles. The lowest BCUT2D eigenvalue weighted by Gasteiger charge is -2.20. The Balaban J connectivity index is 4.93. The van der Waals surface area contributed by atoms with E-state index in [1.165, 1.54) is 13.8 Å². The standard InChI is InChI=1S/C12H23NO5S/c1-5-7-8(3)13-11(14)9(4)19(17,18)10(6-2)12(15)16/h8-10H,5-7H2,1-4H3,(H,13,14)(H,15,16). The third-order valence-corrected chi connectivity index (χ3v) is 5.54. The van der Waals surface area contributed by atoms with Gasteiger partial charge < -0.3 is 10.4 Å². The fourth-order valence-electron chi connectivity index (χ4n) is 1.81. The van der Waals surface area contributed by atoms with Crippen LogP contribution in [0, 0.1) is 0 Å². The number of sulfone groups is 1. The lowest BCUT2D eigenvalue weighted by atomic mass is 10.2. The summed E-state index contributed by atoms with van der Waals surface area (Å²) in [7, 11) is -4.02. The second-order valence-electron chi connectivity index (χ2n) is 4.66. The van der Waals surface area contributed by atoms with Gasteiger partial charge in [-0.15, -0.1) is 0 Å². The first-order valence-corrected chi connectivity index (χ1v) is 8.05. The van der Waals surface area contributed by atoms with E-state index in [1.54, 1.807) is 6.92 Å². The van der Waals surface area contributed by atoms with Gasteiger partial charge in [-0.1, -0.05) is 20.3 Å². The highest BCUT2D eigenvalue weighted by Crippen LogP contribution is 2.14. The largest absolute Gasteiger partial charge is 0.480 e. The molecular formula is C12H23NO5S. The van der Waals surface area contributed by atoms with E-state index in [0.717, 1.165) is 12.8 Å². The van der Waals surface area contributed by atoms with Crippen molar-refractivity contribution < 1.29 is 23.1 Å². The Morgan fingerprint density at radius 2 is 1.74 bits per heavy atom. The first-order chi connectivity index (χ1) is 8.68. The van der Waals surface area contributed by atoms with Gasteiger partial charge in [-0.2, -0.15) is 0 Å². The molecule has 1 amide bonds. The van der Waals surface area contributed by atoms with Gasteiger partial charge in [0, 0.05) is 6.04 Å². The normalized spacial score (nSPS) is 16.4. The predicted octanol–water partition coefficient (Wildman–Crippen LogP) is 0.958. The van der Waals surface area contributed by atoms with E-state index in [-0.39, 0.29) is 12.5 Å². The number of hydrogen-bond acceptors (Lipinski definition) is 4. The third-order valence-electron chi connectivity index (χ3n) is 3.02. The summed E-state index contributed by atoms with van der Waals surface area (Å²) in [4.78, 5) is 22.8. The average molecular weight is 293 g/mol. The van der Waals surface area contributed by atoms with Gasteiger partial charge in [0.1, 0.15) is 5.25 Å². The molecule has 0 spiro atoms. The van der Waals surface area contributed by atoms with E-state index in [9.17, 15) is 18.0 Å². The van der Waals surface area contributed by atoms with Crippen molar-refractivity contribution in [3.05, 3.63) is 0 Å². The highest BCUT2D eigenvalue weighted by Gasteiger charge is 2.39. The van der Waals surface area contributed by atoms with Gasteiger partial charge in [0.05, 0.1) is 0 Å². The number of carbonyl (C=O) groups excluding carboxylic acids is 1. The van der Waals surface area contributed by atoms with Crippen LogP contribution in [0.15, 0.2) is 0 Å². The summed E-state index contributed by atoms with van der Waals surface area (Å²) in [5.41, 5.74) is 0. The first-order valence-electron chi connectivity index (χ1n) is 6.44. The predicted molar refractivity (Wildman–Crippen MR) is 72.6 cm³/mol. The molecule has 0 aliphatic carbocycles. The maximum Gasteiger partial charge on any atom is 0.321 e. The Morgan fingerprint density at radius 3 is 2.11 bits per heavy atom. The molecule has 0 aliphatic rings. The first kappa shape index (κ1) is 17.9.